The lowest BCUT2D eigenvalue weighted by atomic mass is 9.67. The maximum absolute atomic E-state index is 12.7. The number of ether oxygens (including phenoxy) is 1. The number of nitrogens with zero attached hydrogens (tertiary/aromatic N) is 2. The van der Waals surface area contributed by atoms with Gasteiger partial charge in [-0.2, -0.15) is 0 Å². The summed E-state index contributed by atoms with van der Waals surface area (Å²) in [6.07, 6.45) is 5.81. The van der Waals surface area contributed by atoms with Crippen molar-refractivity contribution in [3.63, 3.8) is 0 Å². The van der Waals surface area contributed by atoms with Crippen molar-refractivity contribution in [1.29, 1.82) is 0 Å². The average molecular weight is 367 g/mol. The van der Waals surface area contributed by atoms with Crippen LogP contribution in [0.15, 0.2) is 0 Å². The molecule has 3 fully saturated rings. The van der Waals surface area contributed by atoms with Crippen molar-refractivity contribution in [2.24, 2.45) is 5.73 Å². The van der Waals surface area contributed by atoms with Gasteiger partial charge in [-0.15, -0.1) is 0 Å². The number of piperazine rings is 1. The van der Waals surface area contributed by atoms with E-state index in [-0.39, 0.29) is 0 Å². The molecule has 148 valence electrons. The highest BCUT2D eigenvalue weighted by molar-refractivity contribution is 5.91. The predicted molar refractivity (Wildman–Crippen MR) is 99.6 cm³/mol. The van der Waals surface area contributed by atoms with Gasteiger partial charge >= 0.3 is 11.9 Å². The Bertz CT molecular complexity index is 529. The van der Waals surface area contributed by atoms with Crippen molar-refractivity contribution in [2.45, 2.75) is 69.5 Å². The topological polar surface area (TPSA) is 87.9 Å². The third kappa shape index (κ3) is 3.67. The van der Waals surface area contributed by atoms with E-state index in [0.29, 0.717) is 12.5 Å². The number of carbonyl (C=O) groups is 2. The maximum atomic E-state index is 12.7. The van der Waals surface area contributed by atoms with Crippen LogP contribution in [0.4, 0.5) is 0 Å². The zero-order valence-electron chi connectivity index (χ0n) is 16.3. The van der Waals surface area contributed by atoms with Gasteiger partial charge in [-0.1, -0.05) is 12.8 Å². The zero-order valence-corrected chi connectivity index (χ0v) is 16.3. The second kappa shape index (κ2) is 7.92. The molecule has 3 aliphatic rings. The highest BCUT2D eigenvalue weighted by Crippen LogP contribution is 2.41. The van der Waals surface area contributed by atoms with Gasteiger partial charge in [0, 0.05) is 44.7 Å². The number of hydrogen-bond donors (Lipinski definition) is 2. The molecule has 7 heteroatoms. The molecule has 2 heterocycles. The van der Waals surface area contributed by atoms with Crippen LogP contribution in [0, 0.1) is 0 Å². The van der Waals surface area contributed by atoms with Crippen LogP contribution in [0.3, 0.4) is 0 Å². The summed E-state index contributed by atoms with van der Waals surface area (Å²) in [4.78, 5) is 29.0. The van der Waals surface area contributed by atoms with Gasteiger partial charge in [0.2, 0.25) is 0 Å². The Hall–Kier alpha value is -1.02. The maximum Gasteiger partial charge on any atom is 0.335 e. The van der Waals surface area contributed by atoms with E-state index >= 15 is 0 Å². The molecule has 1 saturated carbocycles. The van der Waals surface area contributed by atoms with Gasteiger partial charge in [-0.25, -0.2) is 4.79 Å². The van der Waals surface area contributed by atoms with Gasteiger partial charge in [0.05, 0.1) is 0 Å². The van der Waals surface area contributed by atoms with Crippen LogP contribution in [-0.4, -0.2) is 78.1 Å². The van der Waals surface area contributed by atoms with E-state index in [9.17, 15) is 9.59 Å². The van der Waals surface area contributed by atoms with E-state index in [2.05, 4.69) is 22.0 Å². The van der Waals surface area contributed by atoms with Crippen LogP contribution in [0.25, 0.3) is 0 Å². The van der Waals surface area contributed by atoms with E-state index in [0.717, 1.165) is 58.5 Å². The van der Waals surface area contributed by atoms with Crippen molar-refractivity contribution in [2.75, 3.05) is 39.3 Å². The molecule has 2 unspecified atom stereocenters. The molecule has 1 aliphatic carbocycles. The highest BCUT2D eigenvalue weighted by Gasteiger charge is 2.57. The van der Waals surface area contributed by atoms with Crippen molar-refractivity contribution in [3.8, 4) is 0 Å². The van der Waals surface area contributed by atoms with Gasteiger partial charge in [-0.05, 0) is 45.7 Å². The van der Waals surface area contributed by atoms with Crippen LogP contribution in [0.1, 0.15) is 52.4 Å². The summed E-state index contributed by atoms with van der Waals surface area (Å²) in [6.45, 7) is 9.40. The minimum atomic E-state index is -1.12. The Morgan fingerprint density at radius 2 is 1.69 bits per heavy atom. The molecule has 3 rings (SSSR count). The largest absolute Gasteiger partial charge is 0.392 e. The van der Waals surface area contributed by atoms with Crippen molar-refractivity contribution in [1.82, 2.24) is 15.1 Å². The van der Waals surface area contributed by atoms with E-state index in [4.69, 9.17) is 10.5 Å². The molecule has 3 N–H and O–H groups in total. The lowest BCUT2D eigenvalue weighted by molar-refractivity contribution is -0.169. The number of rotatable bonds is 3. The fraction of sp³-hybridized carbons (Fsp3) is 0.895. The van der Waals surface area contributed by atoms with Gasteiger partial charge in [0.25, 0.3) is 0 Å². The first kappa shape index (κ1) is 19.7. The van der Waals surface area contributed by atoms with E-state index in [1.54, 1.807) is 0 Å². The molecule has 0 aromatic carbocycles. The summed E-state index contributed by atoms with van der Waals surface area (Å²) in [5.41, 5.74) is 5.07. The van der Waals surface area contributed by atoms with Gasteiger partial charge < -0.3 is 15.8 Å². The number of carbonyl (C=O) groups excluding carboxylic acids is 2. The molecule has 0 bridgehead atoms. The number of hydrogen-bond acceptors (Lipinski definition) is 7. The summed E-state index contributed by atoms with van der Waals surface area (Å²) in [7, 11) is 0. The molecule has 0 spiro atoms. The Balaban J connectivity index is 1.69. The third-order valence-corrected chi connectivity index (χ3v) is 6.88. The first-order valence-electron chi connectivity index (χ1n) is 10.1. The Morgan fingerprint density at radius 1 is 1.08 bits per heavy atom. The number of esters is 2. The summed E-state index contributed by atoms with van der Waals surface area (Å²) >= 11 is 0. The second-order valence-corrected chi connectivity index (χ2v) is 8.34. The van der Waals surface area contributed by atoms with Crippen LogP contribution >= 0.6 is 0 Å². The Kier molecular flexibility index (Phi) is 6.01. The normalized spacial score (nSPS) is 35.2. The Morgan fingerprint density at radius 3 is 2.31 bits per heavy atom. The van der Waals surface area contributed by atoms with E-state index in [1.165, 1.54) is 19.8 Å². The molecule has 2 atom stereocenters. The fourth-order valence-electron chi connectivity index (χ4n) is 5.10. The first-order chi connectivity index (χ1) is 12.4. The molecular formula is C19H34N4O3. The van der Waals surface area contributed by atoms with E-state index in [1.807, 2.05) is 0 Å². The molecule has 2 aliphatic heterocycles. The molecule has 0 aromatic rings. The molecule has 26 heavy (non-hydrogen) atoms. The van der Waals surface area contributed by atoms with Crippen molar-refractivity contribution in [3.05, 3.63) is 0 Å². The third-order valence-electron chi connectivity index (χ3n) is 6.88. The summed E-state index contributed by atoms with van der Waals surface area (Å²) in [6, 6.07) is 0.669. The highest BCUT2D eigenvalue weighted by atomic mass is 16.6. The monoisotopic (exact) mass is 366 g/mol. The van der Waals surface area contributed by atoms with Crippen molar-refractivity contribution < 1.29 is 14.3 Å². The smallest absolute Gasteiger partial charge is 0.335 e. The van der Waals surface area contributed by atoms with E-state index < -0.39 is 23.0 Å². The van der Waals surface area contributed by atoms with Gasteiger partial charge in [0.1, 0.15) is 5.54 Å². The lowest BCUT2D eigenvalue weighted by Gasteiger charge is -2.56. The molecule has 0 amide bonds. The molecular weight excluding hydrogens is 332 g/mol. The number of nitrogens with one attached hydrogen (secondary N) is 1. The quantitative estimate of drug-likeness (QED) is 0.555. The number of nitrogens with two attached hydrogens (primary N) is 1. The average Bonchev–Trinajstić information content (AvgIpc) is 2.64. The minimum Gasteiger partial charge on any atom is -0.392 e. The predicted octanol–water partition coefficient (Wildman–Crippen LogP) is 0.476. The first-order valence-corrected chi connectivity index (χ1v) is 10.1. The minimum absolute atomic E-state index is 0.460. The van der Waals surface area contributed by atoms with Crippen LogP contribution < -0.4 is 11.1 Å². The molecule has 0 radical (unpaired) electrons. The molecule has 2 saturated heterocycles. The van der Waals surface area contributed by atoms with Gasteiger partial charge in [0.15, 0.2) is 0 Å². The Labute approximate surface area is 156 Å². The van der Waals surface area contributed by atoms with Gasteiger partial charge in [-0.3, -0.25) is 14.6 Å². The molecule has 7 nitrogen and oxygen atoms in total. The standard InChI is InChI=1S/C19H34N4O3/c1-15(24)26-17(25)19(20)8-4-3-7-18(19,2)23-13-11-22(12-14-23)16-5-9-21-10-6-16/h16,21H,3-14,20H2,1-2H3. The van der Waals surface area contributed by atoms with Crippen LogP contribution in [0.5, 0.6) is 0 Å². The summed E-state index contributed by atoms with van der Waals surface area (Å²) in [5, 5.41) is 3.43. The lowest BCUT2D eigenvalue weighted by Crippen LogP contribution is -2.74. The van der Waals surface area contributed by atoms with Crippen LogP contribution in [-0.2, 0) is 14.3 Å². The second-order valence-electron chi connectivity index (χ2n) is 8.34. The molecule has 0 aromatic heterocycles. The summed E-state index contributed by atoms with van der Waals surface area (Å²) < 4.78 is 4.95. The SMILES string of the molecule is CC(=O)OC(=O)C1(N)CCCCC1(C)N1CCN(C2CCNCC2)CC1. The van der Waals surface area contributed by atoms with Crippen molar-refractivity contribution >= 4 is 11.9 Å². The fourth-order valence-corrected chi connectivity index (χ4v) is 5.10. The summed E-state index contributed by atoms with van der Waals surface area (Å²) in [5.74, 6) is -1.14. The zero-order chi connectivity index (χ0) is 18.8. The number of piperidine rings is 1. The van der Waals surface area contributed by atoms with Crippen LogP contribution in [0.2, 0.25) is 0 Å².